The summed E-state index contributed by atoms with van der Waals surface area (Å²) in [6.45, 7) is 6.60. The van der Waals surface area contributed by atoms with Crippen LogP contribution in [-0.2, 0) is 17.8 Å². The van der Waals surface area contributed by atoms with Gasteiger partial charge in [0.15, 0.2) is 0 Å². The van der Waals surface area contributed by atoms with E-state index in [1.165, 1.54) is 0 Å². The molecule has 0 atom stereocenters. The highest BCUT2D eigenvalue weighted by atomic mass is 16.2. The van der Waals surface area contributed by atoms with Crippen LogP contribution in [-0.4, -0.2) is 45.9 Å². The van der Waals surface area contributed by atoms with Crippen molar-refractivity contribution in [3.05, 3.63) is 66.0 Å². The topological polar surface area (TPSA) is 67.2 Å². The maximum Gasteiger partial charge on any atom is 0.251 e. The first-order chi connectivity index (χ1) is 15.1. The van der Waals surface area contributed by atoms with Gasteiger partial charge < -0.3 is 14.8 Å². The Morgan fingerprint density at radius 1 is 0.968 bits per heavy atom. The van der Waals surface area contributed by atoms with Crippen molar-refractivity contribution < 1.29 is 9.59 Å². The summed E-state index contributed by atoms with van der Waals surface area (Å²) in [6.07, 6.45) is 3.34. The lowest BCUT2D eigenvalue weighted by atomic mass is 10.2. The average Bonchev–Trinajstić information content (AvgIpc) is 3.14. The maximum atomic E-state index is 13.0. The lowest BCUT2D eigenvalue weighted by molar-refractivity contribution is -0.131. The summed E-state index contributed by atoms with van der Waals surface area (Å²) >= 11 is 0. The zero-order valence-electron chi connectivity index (χ0n) is 18.5. The second-order valence-corrected chi connectivity index (χ2v) is 7.71. The van der Waals surface area contributed by atoms with Gasteiger partial charge in [-0.1, -0.05) is 44.2 Å². The van der Waals surface area contributed by atoms with Gasteiger partial charge in [0.25, 0.3) is 5.91 Å². The fourth-order valence-corrected chi connectivity index (χ4v) is 3.77. The summed E-state index contributed by atoms with van der Waals surface area (Å²) in [6, 6.07) is 17.1. The van der Waals surface area contributed by atoms with Gasteiger partial charge in [0.05, 0.1) is 11.0 Å². The zero-order chi connectivity index (χ0) is 22.1. The van der Waals surface area contributed by atoms with E-state index in [1.54, 1.807) is 12.1 Å². The highest BCUT2D eigenvalue weighted by Gasteiger charge is 2.17. The molecule has 0 saturated heterocycles. The van der Waals surface area contributed by atoms with Gasteiger partial charge in [0.2, 0.25) is 5.91 Å². The molecule has 0 saturated carbocycles. The molecule has 0 fully saturated rings. The second kappa shape index (κ2) is 11.3. The molecule has 6 nitrogen and oxygen atoms in total. The van der Waals surface area contributed by atoms with Crippen molar-refractivity contribution in [2.24, 2.45) is 0 Å². The summed E-state index contributed by atoms with van der Waals surface area (Å²) in [5.41, 5.74) is 2.54. The summed E-state index contributed by atoms with van der Waals surface area (Å²) in [5, 5.41) is 2.96. The molecule has 1 heterocycles. The third-order valence-electron chi connectivity index (χ3n) is 5.27. The Bertz CT molecular complexity index is 991. The molecule has 0 aliphatic heterocycles. The number of imidazole rings is 1. The van der Waals surface area contributed by atoms with Gasteiger partial charge in [-0.3, -0.25) is 9.59 Å². The van der Waals surface area contributed by atoms with E-state index < -0.39 is 0 Å². The standard InChI is InChI=1S/C25H32N4O2/c1-3-17-28(18-4-2)24(30)19-29-22-14-9-8-13-21(22)27-23(29)15-10-16-26-25(31)20-11-6-5-7-12-20/h5-9,11-14H,3-4,10,15-19H2,1-2H3,(H,26,31). The van der Waals surface area contributed by atoms with Crippen LogP contribution in [0.3, 0.4) is 0 Å². The van der Waals surface area contributed by atoms with Crippen molar-refractivity contribution >= 4 is 22.8 Å². The molecule has 1 aromatic heterocycles. The third kappa shape index (κ3) is 5.94. The lowest BCUT2D eigenvalue weighted by Gasteiger charge is -2.22. The van der Waals surface area contributed by atoms with E-state index in [0.29, 0.717) is 25.1 Å². The molecule has 3 aromatic rings. The van der Waals surface area contributed by atoms with E-state index in [-0.39, 0.29) is 11.8 Å². The number of hydrogen-bond donors (Lipinski definition) is 1. The molecule has 0 unspecified atom stereocenters. The Hall–Kier alpha value is -3.15. The number of nitrogens with zero attached hydrogens (tertiary/aromatic N) is 3. The number of hydrogen-bond acceptors (Lipinski definition) is 3. The molecule has 0 aliphatic rings. The molecule has 164 valence electrons. The smallest absolute Gasteiger partial charge is 0.251 e. The number of aromatic nitrogens is 2. The quantitative estimate of drug-likeness (QED) is 0.476. The van der Waals surface area contributed by atoms with Crippen LogP contribution in [0.25, 0.3) is 11.0 Å². The van der Waals surface area contributed by atoms with Crippen LogP contribution >= 0.6 is 0 Å². The number of rotatable bonds is 11. The predicted molar refractivity (Wildman–Crippen MR) is 124 cm³/mol. The van der Waals surface area contributed by atoms with Gasteiger partial charge in [-0.15, -0.1) is 0 Å². The van der Waals surface area contributed by atoms with Crippen LogP contribution < -0.4 is 5.32 Å². The summed E-state index contributed by atoms with van der Waals surface area (Å²) < 4.78 is 2.04. The summed E-state index contributed by atoms with van der Waals surface area (Å²) in [4.78, 5) is 31.9. The Labute approximate surface area is 184 Å². The minimum Gasteiger partial charge on any atom is -0.352 e. The number of amides is 2. The van der Waals surface area contributed by atoms with Gasteiger partial charge in [0, 0.05) is 31.6 Å². The number of aryl methyl sites for hydroxylation is 1. The monoisotopic (exact) mass is 420 g/mol. The molecule has 0 bridgehead atoms. The lowest BCUT2D eigenvalue weighted by Crippen LogP contribution is -2.35. The highest BCUT2D eigenvalue weighted by molar-refractivity contribution is 5.94. The van der Waals surface area contributed by atoms with E-state index >= 15 is 0 Å². The largest absolute Gasteiger partial charge is 0.352 e. The Morgan fingerprint density at radius 3 is 2.35 bits per heavy atom. The van der Waals surface area contributed by atoms with E-state index in [2.05, 4.69) is 19.2 Å². The molecule has 31 heavy (non-hydrogen) atoms. The van der Waals surface area contributed by atoms with E-state index in [1.807, 2.05) is 51.9 Å². The van der Waals surface area contributed by atoms with Crippen molar-refractivity contribution in [2.45, 2.75) is 46.1 Å². The number of benzene rings is 2. The zero-order valence-corrected chi connectivity index (χ0v) is 18.5. The molecule has 0 aliphatic carbocycles. The molecular formula is C25H32N4O2. The van der Waals surface area contributed by atoms with Crippen molar-refractivity contribution in [2.75, 3.05) is 19.6 Å². The Kier molecular flexibility index (Phi) is 8.21. The number of carbonyl (C=O) groups is 2. The molecule has 0 spiro atoms. The van der Waals surface area contributed by atoms with Crippen LogP contribution in [0.15, 0.2) is 54.6 Å². The fourth-order valence-electron chi connectivity index (χ4n) is 3.77. The van der Waals surface area contributed by atoms with E-state index in [9.17, 15) is 9.59 Å². The summed E-state index contributed by atoms with van der Waals surface area (Å²) in [5.74, 6) is 0.945. The molecule has 3 rings (SSSR count). The average molecular weight is 421 g/mol. The van der Waals surface area contributed by atoms with Crippen LogP contribution in [0.2, 0.25) is 0 Å². The van der Waals surface area contributed by atoms with Crippen molar-refractivity contribution in [3.63, 3.8) is 0 Å². The number of fused-ring (bicyclic) bond motifs is 1. The van der Waals surface area contributed by atoms with Gasteiger partial charge >= 0.3 is 0 Å². The third-order valence-corrected chi connectivity index (χ3v) is 5.27. The SMILES string of the molecule is CCCN(CCC)C(=O)Cn1c(CCCNC(=O)c2ccccc2)nc2ccccc21. The van der Waals surface area contributed by atoms with Crippen LogP contribution in [0.1, 0.15) is 49.3 Å². The Balaban J connectivity index is 1.67. The molecule has 2 aromatic carbocycles. The van der Waals surface area contributed by atoms with E-state index in [4.69, 9.17) is 4.98 Å². The fraction of sp³-hybridized carbons (Fsp3) is 0.400. The van der Waals surface area contributed by atoms with Crippen molar-refractivity contribution in [1.82, 2.24) is 19.8 Å². The number of para-hydroxylation sites is 2. The maximum absolute atomic E-state index is 13.0. The molecular weight excluding hydrogens is 388 g/mol. The highest BCUT2D eigenvalue weighted by Crippen LogP contribution is 2.18. The van der Waals surface area contributed by atoms with Gasteiger partial charge in [-0.05, 0) is 43.5 Å². The normalized spacial score (nSPS) is 10.9. The van der Waals surface area contributed by atoms with Crippen LogP contribution in [0.4, 0.5) is 0 Å². The van der Waals surface area contributed by atoms with Crippen molar-refractivity contribution in [1.29, 1.82) is 0 Å². The van der Waals surface area contributed by atoms with Crippen LogP contribution in [0, 0.1) is 0 Å². The first kappa shape index (κ1) is 22.5. The number of nitrogens with one attached hydrogen (secondary N) is 1. The molecule has 6 heteroatoms. The first-order valence-electron chi connectivity index (χ1n) is 11.2. The first-order valence-corrected chi connectivity index (χ1v) is 11.2. The molecule has 2 amide bonds. The predicted octanol–water partition coefficient (Wildman–Crippen LogP) is 4.05. The minimum atomic E-state index is -0.0703. The van der Waals surface area contributed by atoms with Gasteiger partial charge in [0.1, 0.15) is 12.4 Å². The van der Waals surface area contributed by atoms with E-state index in [0.717, 1.165) is 49.2 Å². The summed E-state index contributed by atoms with van der Waals surface area (Å²) in [7, 11) is 0. The minimum absolute atomic E-state index is 0.0703. The molecule has 0 radical (unpaired) electrons. The van der Waals surface area contributed by atoms with Crippen molar-refractivity contribution in [3.8, 4) is 0 Å². The molecule has 1 N–H and O–H groups in total. The number of carbonyl (C=O) groups excluding carboxylic acids is 2. The Morgan fingerprint density at radius 2 is 1.65 bits per heavy atom. The van der Waals surface area contributed by atoms with Gasteiger partial charge in [-0.2, -0.15) is 0 Å². The second-order valence-electron chi connectivity index (χ2n) is 7.71. The van der Waals surface area contributed by atoms with Gasteiger partial charge in [-0.25, -0.2) is 4.98 Å². The van der Waals surface area contributed by atoms with Crippen LogP contribution in [0.5, 0.6) is 0 Å².